The van der Waals surface area contributed by atoms with Gasteiger partial charge in [-0.2, -0.15) is 5.10 Å². The lowest BCUT2D eigenvalue weighted by molar-refractivity contribution is -0.385. The number of nitrogens with zero attached hydrogens (tertiary/aromatic N) is 3. The Hall–Kier alpha value is -1.89. The molecule has 0 fully saturated rings. The highest BCUT2D eigenvalue weighted by Gasteiger charge is 2.11. The predicted molar refractivity (Wildman–Crippen MR) is 76.1 cm³/mol. The van der Waals surface area contributed by atoms with Gasteiger partial charge in [0.2, 0.25) is 0 Å². The zero-order valence-electron chi connectivity index (χ0n) is 10.6. The Morgan fingerprint density at radius 1 is 1.53 bits per heavy atom. The molecule has 0 bridgehead atoms. The number of nitrogens with one attached hydrogen (secondary N) is 1. The van der Waals surface area contributed by atoms with Crippen LogP contribution < -0.4 is 5.32 Å². The van der Waals surface area contributed by atoms with E-state index < -0.39 is 4.92 Å². The van der Waals surface area contributed by atoms with Crippen LogP contribution >= 0.6 is 15.9 Å². The van der Waals surface area contributed by atoms with Gasteiger partial charge in [-0.1, -0.05) is 0 Å². The number of benzene rings is 1. The summed E-state index contributed by atoms with van der Waals surface area (Å²) in [5.41, 5.74) is 2.94. The Morgan fingerprint density at radius 3 is 2.79 bits per heavy atom. The highest BCUT2D eigenvalue weighted by Crippen LogP contribution is 2.27. The van der Waals surface area contributed by atoms with Crippen molar-refractivity contribution in [2.24, 2.45) is 7.05 Å². The first-order valence-electron chi connectivity index (χ1n) is 5.64. The smallest absolute Gasteiger partial charge is 0.283 e. The number of aromatic nitrogens is 2. The molecule has 2 aromatic rings. The van der Waals surface area contributed by atoms with Gasteiger partial charge in [-0.25, -0.2) is 0 Å². The summed E-state index contributed by atoms with van der Waals surface area (Å²) in [7, 11) is 1.87. The molecule has 0 spiro atoms. The van der Waals surface area contributed by atoms with Gasteiger partial charge in [0.1, 0.15) is 0 Å². The fourth-order valence-corrected chi connectivity index (χ4v) is 2.31. The van der Waals surface area contributed by atoms with Crippen LogP contribution in [0.3, 0.4) is 0 Å². The molecule has 0 radical (unpaired) electrons. The van der Waals surface area contributed by atoms with Gasteiger partial charge in [-0.15, -0.1) is 0 Å². The standard InChI is InChI=1S/C12H13BrN4O2/c1-8-9(7-16(2)15-8)6-14-10-3-4-12(17(18)19)11(13)5-10/h3-5,7,14H,6H2,1-2H3. The maximum absolute atomic E-state index is 10.7. The van der Waals surface area contributed by atoms with E-state index in [-0.39, 0.29) is 5.69 Å². The minimum absolute atomic E-state index is 0.0584. The van der Waals surface area contributed by atoms with Gasteiger partial charge >= 0.3 is 0 Å². The highest BCUT2D eigenvalue weighted by molar-refractivity contribution is 9.10. The zero-order valence-corrected chi connectivity index (χ0v) is 12.1. The molecule has 0 aliphatic carbocycles. The molecule has 1 heterocycles. The molecule has 7 heteroatoms. The first-order chi connectivity index (χ1) is 8.97. The van der Waals surface area contributed by atoms with E-state index in [1.165, 1.54) is 6.07 Å². The summed E-state index contributed by atoms with van der Waals surface area (Å²) < 4.78 is 2.23. The van der Waals surface area contributed by atoms with Crippen LogP contribution in [0.25, 0.3) is 0 Å². The highest BCUT2D eigenvalue weighted by atomic mass is 79.9. The molecule has 2 rings (SSSR count). The van der Waals surface area contributed by atoms with Crippen molar-refractivity contribution in [3.05, 3.63) is 50.2 Å². The number of rotatable bonds is 4. The van der Waals surface area contributed by atoms with E-state index in [2.05, 4.69) is 26.3 Å². The Bertz CT molecular complexity index is 624. The van der Waals surface area contributed by atoms with Crippen LogP contribution in [-0.2, 0) is 13.6 Å². The summed E-state index contributed by atoms with van der Waals surface area (Å²) >= 11 is 3.19. The number of halogens is 1. The van der Waals surface area contributed by atoms with Crippen LogP contribution in [0.5, 0.6) is 0 Å². The van der Waals surface area contributed by atoms with E-state index in [0.717, 1.165) is 16.9 Å². The normalized spacial score (nSPS) is 10.5. The van der Waals surface area contributed by atoms with E-state index >= 15 is 0 Å². The third-order valence-corrected chi connectivity index (χ3v) is 3.38. The lowest BCUT2D eigenvalue weighted by Gasteiger charge is -2.06. The van der Waals surface area contributed by atoms with Crippen molar-refractivity contribution in [1.29, 1.82) is 0 Å². The van der Waals surface area contributed by atoms with Crippen LogP contribution in [0.1, 0.15) is 11.3 Å². The van der Waals surface area contributed by atoms with Crippen molar-refractivity contribution < 1.29 is 4.92 Å². The maximum atomic E-state index is 10.7. The van der Waals surface area contributed by atoms with E-state index in [0.29, 0.717) is 11.0 Å². The number of aryl methyl sites for hydroxylation is 2. The van der Waals surface area contributed by atoms with Crippen molar-refractivity contribution in [2.45, 2.75) is 13.5 Å². The number of hydrogen-bond acceptors (Lipinski definition) is 4. The number of nitro groups is 1. The van der Waals surface area contributed by atoms with Crippen LogP contribution in [0.4, 0.5) is 11.4 Å². The Balaban J connectivity index is 2.10. The van der Waals surface area contributed by atoms with Crippen LogP contribution in [0.2, 0.25) is 0 Å². The fraction of sp³-hybridized carbons (Fsp3) is 0.250. The molecule has 0 atom stereocenters. The molecule has 100 valence electrons. The second kappa shape index (κ2) is 5.40. The Kier molecular flexibility index (Phi) is 3.84. The maximum Gasteiger partial charge on any atom is 0.283 e. The van der Waals surface area contributed by atoms with E-state index in [4.69, 9.17) is 0 Å². The number of anilines is 1. The molecular formula is C12H13BrN4O2. The summed E-state index contributed by atoms with van der Waals surface area (Å²) in [4.78, 5) is 10.3. The van der Waals surface area contributed by atoms with Crippen molar-refractivity contribution in [1.82, 2.24) is 9.78 Å². The molecule has 0 aliphatic rings. The van der Waals surface area contributed by atoms with Crippen molar-refractivity contribution in [3.8, 4) is 0 Å². The van der Waals surface area contributed by atoms with Crippen molar-refractivity contribution in [3.63, 3.8) is 0 Å². The van der Waals surface area contributed by atoms with Gasteiger partial charge in [0.25, 0.3) is 5.69 Å². The fourth-order valence-electron chi connectivity index (χ4n) is 1.78. The second-order valence-corrected chi connectivity index (χ2v) is 5.04. The molecular weight excluding hydrogens is 312 g/mol. The molecule has 0 aliphatic heterocycles. The third-order valence-electron chi connectivity index (χ3n) is 2.74. The van der Waals surface area contributed by atoms with E-state index in [1.807, 2.05) is 20.2 Å². The monoisotopic (exact) mass is 324 g/mol. The molecule has 19 heavy (non-hydrogen) atoms. The largest absolute Gasteiger partial charge is 0.381 e. The van der Waals surface area contributed by atoms with Gasteiger partial charge in [0.05, 0.1) is 15.1 Å². The molecule has 6 nitrogen and oxygen atoms in total. The summed E-state index contributed by atoms with van der Waals surface area (Å²) in [6, 6.07) is 4.86. The summed E-state index contributed by atoms with van der Waals surface area (Å²) in [5.74, 6) is 0. The Morgan fingerprint density at radius 2 is 2.26 bits per heavy atom. The minimum Gasteiger partial charge on any atom is -0.381 e. The first kappa shape index (κ1) is 13.5. The lowest BCUT2D eigenvalue weighted by atomic mass is 10.2. The van der Waals surface area contributed by atoms with Gasteiger partial charge in [-0.05, 0) is 35.0 Å². The quantitative estimate of drug-likeness (QED) is 0.693. The van der Waals surface area contributed by atoms with Gasteiger partial charge < -0.3 is 5.32 Å². The number of hydrogen-bond donors (Lipinski definition) is 1. The number of nitro benzene ring substituents is 1. The summed E-state index contributed by atoms with van der Waals surface area (Å²) in [6.07, 6.45) is 1.95. The minimum atomic E-state index is -0.418. The summed E-state index contributed by atoms with van der Waals surface area (Å²) in [6.45, 7) is 2.58. The van der Waals surface area contributed by atoms with Crippen LogP contribution in [0, 0.1) is 17.0 Å². The molecule has 0 saturated carbocycles. The van der Waals surface area contributed by atoms with Crippen LogP contribution in [0.15, 0.2) is 28.9 Å². The van der Waals surface area contributed by atoms with Gasteiger partial charge in [-0.3, -0.25) is 14.8 Å². The first-order valence-corrected chi connectivity index (χ1v) is 6.43. The van der Waals surface area contributed by atoms with Gasteiger partial charge in [0, 0.05) is 37.1 Å². The van der Waals surface area contributed by atoms with Crippen molar-refractivity contribution in [2.75, 3.05) is 5.32 Å². The van der Waals surface area contributed by atoms with Crippen LogP contribution in [-0.4, -0.2) is 14.7 Å². The van der Waals surface area contributed by atoms with E-state index in [1.54, 1.807) is 16.8 Å². The molecule has 0 saturated heterocycles. The Labute approximate surface area is 118 Å². The predicted octanol–water partition coefficient (Wildman–Crippen LogP) is 3.01. The SMILES string of the molecule is Cc1nn(C)cc1CNc1ccc([N+](=O)[O-])c(Br)c1. The second-order valence-electron chi connectivity index (χ2n) is 4.19. The third kappa shape index (κ3) is 3.11. The molecule has 1 N–H and O–H groups in total. The average molecular weight is 325 g/mol. The van der Waals surface area contributed by atoms with E-state index in [9.17, 15) is 10.1 Å². The van der Waals surface area contributed by atoms with Crippen molar-refractivity contribution >= 4 is 27.3 Å². The molecule has 0 unspecified atom stereocenters. The summed E-state index contributed by atoms with van der Waals surface area (Å²) in [5, 5.41) is 18.2. The molecule has 0 amide bonds. The molecule has 1 aromatic carbocycles. The molecule has 1 aromatic heterocycles. The zero-order chi connectivity index (χ0) is 14.0. The lowest BCUT2D eigenvalue weighted by Crippen LogP contribution is -2.00. The van der Waals surface area contributed by atoms with Gasteiger partial charge in [0.15, 0.2) is 0 Å². The average Bonchev–Trinajstić information content (AvgIpc) is 2.65. The topological polar surface area (TPSA) is 73.0 Å².